The van der Waals surface area contributed by atoms with Gasteiger partial charge in [-0.25, -0.2) is 9.50 Å². The van der Waals surface area contributed by atoms with Crippen LogP contribution in [0.5, 0.6) is 11.5 Å². The van der Waals surface area contributed by atoms with E-state index in [9.17, 15) is 13.2 Å². The van der Waals surface area contributed by atoms with Crippen molar-refractivity contribution in [1.82, 2.24) is 14.6 Å². The Balaban J connectivity index is 1.81. The van der Waals surface area contributed by atoms with Crippen molar-refractivity contribution in [3.63, 3.8) is 0 Å². The van der Waals surface area contributed by atoms with Gasteiger partial charge in [0, 0.05) is 12.3 Å². The fourth-order valence-corrected chi connectivity index (χ4v) is 2.50. The highest BCUT2D eigenvalue weighted by Gasteiger charge is 2.38. The summed E-state index contributed by atoms with van der Waals surface area (Å²) in [5.74, 6) is 0.702. The molecule has 0 unspecified atom stereocenters. The molecule has 3 aromatic rings. The Kier molecular flexibility index (Phi) is 3.58. The second-order valence-corrected chi connectivity index (χ2v) is 5.34. The summed E-state index contributed by atoms with van der Waals surface area (Å²) in [6.45, 7) is 0.0856. The molecule has 3 heterocycles. The number of aromatic nitrogens is 3. The maximum Gasteiger partial charge on any atom is 0.434 e. The standard InChI is InChI=1S/C15H8F3N7O2/c16-15(17,18)12-7(4-19)5-21-14-11(13(20)24-25(12)14)23-22-8-1-2-9-10(3-8)27-6-26-9/h1-3,5H,6H2,(H2,20,24). The number of nitriles is 1. The lowest BCUT2D eigenvalue weighted by molar-refractivity contribution is -0.142. The lowest BCUT2D eigenvalue weighted by Crippen LogP contribution is -2.15. The van der Waals surface area contributed by atoms with E-state index in [0.717, 1.165) is 6.20 Å². The Bertz CT molecular complexity index is 1130. The third-order valence-corrected chi connectivity index (χ3v) is 3.66. The number of nitrogen functional groups attached to an aromatic ring is 1. The molecule has 0 atom stereocenters. The maximum absolute atomic E-state index is 13.3. The van der Waals surface area contributed by atoms with E-state index in [1.54, 1.807) is 18.2 Å². The Labute approximate surface area is 148 Å². The smallest absolute Gasteiger partial charge is 0.434 e. The number of benzene rings is 1. The van der Waals surface area contributed by atoms with Gasteiger partial charge in [-0.05, 0) is 12.1 Å². The molecular weight excluding hydrogens is 367 g/mol. The van der Waals surface area contributed by atoms with Crippen LogP contribution in [-0.4, -0.2) is 21.4 Å². The van der Waals surface area contributed by atoms with Crippen molar-refractivity contribution in [3.8, 4) is 17.6 Å². The van der Waals surface area contributed by atoms with Crippen LogP contribution >= 0.6 is 0 Å². The quantitative estimate of drug-likeness (QED) is 0.685. The zero-order chi connectivity index (χ0) is 19.2. The molecule has 0 fully saturated rings. The third-order valence-electron chi connectivity index (χ3n) is 3.66. The molecule has 1 aliphatic rings. The van der Waals surface area contributed by atoms with Crippen LogP contribution in [-0.2, 0) is 6.18 Å². The normalized spacial score (nSPS) is 13.4. The highest BCUT2D eigenvalue weighted by atomic mass is 19.4. The van der Waals surface area contributed by atoms with Gasteiger partial charge in [-0.15, -0.1) is 10.2 Å². The molecule has 27 heavy (non-hydrogen) atoms. The molecule has 1 aromatic carbocycles. The second-order valence-electron chi connectivity index (χ2n) is 5.34. The number of azo groups is 1. The van der Waals surface area contributed by atoms with Gasteiger partial charge in [0.05, 0.1) is 5.69 Å². The molecule has 0 amide bonds. The SMILES string of the molecule is N#Cc1cnc2c(N=Nc3ccc4c(c3)OCO4)c(N)nn2c1C(F)(F)F. The van der Waals surface area contributed by atoms with Gasteiger partial charge in [-0.3, -0.25) is 0 Å². The van der Waals surface area contributed by atoms with Crippen LogP contribution in [0.15, 0.2) is 34.6 Å². The van der Waals surface area contributed by atoms with Crippen molar-refractivity contribution in [3.05, 3.63) is 35.7 Å². The van der Waals surface area contributed by atoms with Gasteiger partial charge in [0.25, 0.3) is 0 Å². The molecule has 12 heteroatoms. The number of anilines is 1. The highest BCUT2D eigenvalue weighted by molar-refractivity contribution is 5.76. The van der Waals surface area contributed by atoms with Gasteiger partial charge in [-0.2, -0.15) is 23.5 Å². The summed E-state index contributed by atoms with van der Waals surface area (Å²) >= 11 is 0. The van der Waals surface area contributed by atoms with E-state index >= 15 is 0 Å². The van der Waals surface area contributed by atoms with Gasteiger partial charge < -0.3 is 15.2 Å². The largest absolute Gasteiger partial charge is 0.454 e. The van der Waals surface area contributed by atoms with E-state index in [2.05, 4.69) is 20.3 Å². The first-order valence-electron chi connectivity index (χ1n) is 7.34. The van der Waals surface area contributed by atoms with Crippen molar-refractivity contribution >= 4 is 22.8 Å². The molecule has 0 radical (unpaired) electrons. The Morgan fingerprint density at radius 3 is 2.74 bits per heavy atom. The molecule has 136 valence electrons. The van der Waals surface area contributed by atoms with Gasteiger partial charge in [0.15, 0.2) is 34.3 Å². The molecule has 0 bridgehead atoms. The van der Waals surface area contributed by atoms with Gasteiger partial charge in [0.1, 0.15) is 11.6 Å². The van der Waals surface area contributed by atoms with E-state index in [-0.39, 0.29) is 23.9 Å². The van der Waals surface area contributed by atoms with Crippen molar-refractivity contribution in [2.45, 2.75) is 6.18 Å². The highest BCUT2D eigenvalue weighted by Crippen LogP contribution is 2.38. The van der Waals surface area contributed by atoms with E-state index in [4.69, 9.17) is 20.5 Å². The summed E-state index contributed by atoms with van der Waals surface area (Å²) in [6, 6.07) is 6.20. The number of hydrogen-bond donors (Lipinski definition) is 1. The number of fused-ring (bicyclic) bond motifs is 2. The minimum atomic E-state index is -4.84. The number of nitrogens with two attached hydrogens (primary N) is 1. The average Bonchev–Trinajstić information content (AvgIpc) is 3.20. The number of nitrogens with zero attached hydrogens (tertiary/aromatic N) is 6. The summed E-state index contributed by atoms with van der Waals surface area (Å²) in [5.41, 5.74) is 3.66. The molecule has 4 rings (SSSR count). The fourth-order valence-electron chi connectivity index (χ4n) is 2.50. The zero-order valence-electron chi connectivity index (χ0n) is 13.2. The van der Waals surface area contributed by atoms with Gasteiger partial charge >= 0.3 is 6.18 Å². The molecule has 2 aromatic heterocycles. The number of hydrogen-bond acceptors (Lipinski definition) is 8. The van der Waals surface area contributed by atoms with Crippen molar-refractivity contribution in [2.24, 2.45) is 10.2 Å². The van der Waals surface area contributed by atoms with Crippen LogP contribution in [0.3, 0.4) is 0 Å². The van der Waals surface area contributed by atoms with Crippen LogP contribution in [0.1, 0.15) is 11.3 Å². The number of rotatable bonds is 2. The molecule has 0 spiro atoms. The minimum Gasteiger partial charge on any atom is -0.454 e. The van der Waals surface area contributed by atoms with E-state index in [0.29, 0.717) is 21.7 Å². The summed E-state index contributed by atoms with van der Waals surface area (Å²) in [6.07, 6.45) is -4.05. The lowest BCUT2D eigenvalue weighted by Gasteiger charge is -2.09. The summed E-state index contributed by atoms with van der Waals surface area (Å²) < 4.78 is 50.8. The first-order valence-corrected chi connectivity index (χ1v) is 7.34. The molecule has 9 nitrogen and oxygen atoms in total. The van der Waals surface area contributed by atoms with Crippen LogP contribution in [0, 0.1) is 11.3 Å². The van der Waals surface area contributed by atoms with Crippen LogP contribution in [0.4, 0.5) is 30.4 Å². The Morgan fingerprint density at radius 2 is 2.00 bits per heavy atom. The molecular formula is C15H8F3N7O2. The molecule has 1 aliphatic heterocycles. The zero-order valence-corrected chi connectivity index (χ0v) is 13.2. The van der Waals surface area contributed by atoms with E-state index in [1.807, 2.05) is 0 Å². The molecule has 0 saturated carbocycles. The molecule has 0 aliphatic carbocycles. The van der Waals surface area contributed by atoms with Crippen molar-refractivity contribution in [1.29, 1.82) is 5.26 Å². The van der Waals surface area contributed by atoms with Gasteiger partial charge in [0.2, 0.25) is 6.79 Å². The van der Waals surface area contributed by atoms with Gasteiger partial charge in [-0.1, -0.05) is 0 Å². The predicted octanol–water partition coefficient (Wildman–Crippen LogP) is 3.35. The average molecular weight is 375 g/mol. The minimum absolute atomic E-state index is 0.0856. The Hall–Kier alpha value is -3.88. The van der Waals surface area contributed by atoms with Crippen LogP contribution in [0.25, 0.3) is 5.65 Å². The fraction of sp³-hybridized carbons (Fsp3) is 0.133. The monoisotopic (exact) mass is 375 g/mol. The summed E-state index contributed by atoms with van der Waals surface area (Å²) in [4.78, 5) is 3.82. The molecule has 0 saturated heterocycles. The predicted molar refractivity (Wildman–Crippen MR) is 83.9 cm³/mol. The number of ether oxygens (including phenoxy) is 2. The molecule has 2 N–H and O–H groups in total. The third kappa shape index (κ3) is 2.74. The summed E-state index contributed by atoms with van der Waals surface area (Å²) in [5, 5.41) is 20.4. The Morgan fingerprint density at radius 1 is 1.22 bits per heavy atom. The maximum atomic E-state index is 13.3. The topological polar surface area (TPSA) is 123 Å². The number of halogens is 3. The van der Waals surface area contributed by atoms with E-state index in [1.165, 1.54) is 6.07 Å². The van der Waals surface area contributed by atoms with Crippen molar-refractivity contribution < 1.29 is 22.6 Å². The van der Waals surface area contributed by atoms with Crippen LogP contribution in [0.2, 0.25) is 0 Å². The number of alkyl halides is 3. The first kappa shape index (κ1) is 16.6. The lowest BCUT2D eigenvalue weighted by atomic mass is 10.2. The first-order chi connectivity index (χ1) is 12.9. The summed E-state index contributed by atoms with van der Waals surface area (Å²) in [7, 11) is 0. The van der Waals surface area contributed by atoms with Crippen molar-refractivity contribution in [2.75, 3.05) is 12.5 Å². The second kappa shape index (κ2) is 5.84. The van der Waals surface area contributed by atoms with Crippen LogP contribution < -0.4 is 15.2 Å². The van der Waals surface area contributed by atoms with E-state index < -0.39 is 17.4 Å².